The van der Waals surface area contributed by atoms with Crippen LogP contribution in [0.3, 0.4) is 0 Å². The quantitative estimate of drug-likeness (QED) is 0.930. The topological polar surface area (TPSA) is 46.5 Å². The predicted molar refractivity (Wildman–Crippen MR) is 68.8 cm³/mol. The Morgan fingerprint density at radius 2 is 1.95 bits per heavy atom. The third-order valence-corrected chi connectivity index (χ3v) is 2.77. The van der Waals surface area contributed by atoms with Gasteiger partial charge in [-0.05, 0) is 36.8 Å². The molecule has 0 unspecified atom stereocenters. The standard InChI is InChI=1S/C15H12F2O3/c1-9-2-5-13(17)14(6-9)20-8-10-3-4-11(16)7-12(10)15(18)19/h2-7H,8H2,1H3,(H,18,19). The van der Waals surface area contributed by atoms with Gasteiger partial charge in [-0.15, -0.1) is 0 Å². The second-order valence-electron chi connectivity index (χ2n) is 4.33. The van der Waals surface area contributed by atoms with Crippen LogP contribution in [0.2, 0.25) is 0 Å². The molecule has 20 heavy (non-hydrogen) atoms. The molecule has 3 nitrogen and oxygen atoms in total. The molecule has 0 heterocycles. The largest absolute Gasteiger partial charge is 0.486 e. The molecular formula is C15H12F2O3. The van der Waals surface area contributed by atoms with Crippen LogP contribution in [0.15, 0.2) is 36.4 Å². The molecule has 0 spiro atoms. The summed E-state index contributed by atoms with van der Waals surface area (Å²) in [5, 5.41) is 8.99. The molecule has 0 aliphatic rings. The second kappa shape index (κ2) is 5.69. The number of hydrogen-bond donors (Lipinski definition) is 1. The van der Waals surface area contributed by atoms with Crippen molar-refractivity contribution in [3.63, 3.8) is 0 Å². The second-order valence-corrected chi connectivity index (χ2v) is 4.33. The molecule has 0 bridgehead atoms. The van der Waals surface area contributed by atoms with Crippen molar-refractivity contribution in [2.24, 2.45) is 0 Å². The van der Waals surface area contributed by atoms with Gasteiger partial charge in [-0.25, -0.2) is 13.6 Å². The minimum Gasteiger partial charge on any atom is -0.486 e. The molecule has 0 aliphatic carbocycles. The molecule has 5 heteroatoms. The van der Waals surface area contributed by atoms with Gasteiger partial charge in [0, 0.05) is 5.56 Å². The Morgan fingerprint density at radius 1 is 1.20 bits per heavy atom. The highest BCUT2D eigenvalue weighted by molar-refractivity contribution is 5.89. The summed E-state index contributed by atoms with van der Waals surface area (Å²) in [6, 6.07) is 7.74. The van der Waals surface area contributed by atoms with Crippen LogP contribution < -0.4 is 4.74 Å². The molecule has 1 N–H and O–H groups in total. The average Bonchev–Trinajstić information content (AvgIpc) is 2.40. The van der Waals surface area contributed by atoms with E-state index in [9.17, 15) is 13.6 Å². The molecule has 2 aromatic carbocycles. The van der Waals surface area contributed by atoms with Crippen LogP contribution in [0.25, 0.3) is 0 Å². The Labute approximate surface area is 114 Å². The minimum absolute atomic E-state index is 0.0330. The Balaban J connectivity index is 2.23. The van der Waals surface area contributed by atoms with Crippen molar-refractivity contribution < 1.29 is 23.4 Å². The number of benzene rings is 2. The van der Waals surface area contributed by atoms with Crippen LogP contribution in [-0.4, -0.2) is 11.1 Å². The number of aryl methyl sites for hydroxylation is 1. The molecule has 0 saturated carbocycles. The highest BCUT2D eigenvalue weighted by atomic mass is 19.1. The smallest absolute Gasteiger partial charge is 0.336 e. The van der Waals surface area contributed by atoms with Crippen molar-refractivity contribution >= 4 is 5.97 Å². The average molecular weight is 278 g/mol. The van der Waals surface area contributed by atoms with Crippen LogP contribution in [0.5, 0.6) is 5.75 Å². The number of aromatic carboxylic acids is 1. The number of hydrogen-bond acceptors (Lipinski definition) is 2. The highest BCUT2D eigenvalue weighted by Crippen LogP contribution is 2.21. The lowest BCUT2D eigenvalue weighted by molar-refractivity contribution is 0.0693. The van der Waals surface area contributed by atoms with Gasteiger partial charge >= 0.3 is 5.97 Å². The van der Waals surface area contributed by atoms with Gasteiger partial charge in [0.05, 0.1) is 5.56 Å². The molecule has 0 saturated heterocycles. The summed E-state index contributed by atoms with van der Waals surface area (Å²) in [7, 11) is 0. The van der Waals surface area contributed by atoms with Crippen LogP contribution in [0.4, 0.5) is 8.78 Å². The maximum absolute atomic E-state index is 13.5. The lowest BCUT2D eigenvalue weighted by Crippen LogP contribution is -2.07. The molecule has 104 valence electrons. The molecule has 0 aliphatic heterocycles. The van der Waals surface area contributed by atoms with E-state index >= 15 is 0 Å². The van der Waals surface area contributed by atoms with E-state index in [0.29, 0.717) is 0 Å². The summed E-state index contributed by atoms with van der Waals surface area (Å²) in [6.07, 6.45) is 0. The van der Waals surface area contributed by atoms with Gasteiger partial charge in [0.25, 0.3) is 0 Å². The fourth-order valence-corrected chi connectivity index (χ4v) is 1.75. The SMILES string of the molecule is Cc1ccc(F)c(OCc2ccc(F)cc2C(=O)O)c1. The Bertz CT molecular complexity index is 654. The van der Waals surface area contributed by atoms with E-state index in [4.69, 9.17) is 9.84 Å². The van der Waals surface area contributed by atoms with E-state index < -0.39 is 17.6 Å². The van der Waals surface area contributed by atoms with Crippen LogP contribution in [0.1, 0.15) is 21.5 Å². The van der Waals surface area contributed by atoms with Gasteiger partial charge < -0.3 is 9.84 Å². The van der Waals surface area contributed by atoms with Crippen LogP contribution in [0, 0.1) is 18.6 Å². The molecule has 0 atom stereocenters. The molecule has 0 radical (unpaired) electrons. The first-order valence-electron chi connectivity index (χ1n) is 5.88. The molecule has 0 amide bonds. The molecular weight excluding hydrogens is 266 g/mol. The maximum atomic E-state index is 13.5. The fraction of sp³-hybridized carbons (Fsp3) is 0.133. The number of halogens is 2. The Kier molecular flexibility index (Phi) is 3.98. The molecule has 0 fully saturated rings. The van der Waals surface area contributed by atoms with Crippen molar-refractivity contribution in [1.29, 1.82) is 0 Å². The van der Waals surface area contributed by atoms with Gasteiger partial charge in [0.15, 0.2) is 11.6 Å². The summed E-state index contributed by atoms with van der Waals surface area (Å²) in [5.74, 6) is -2.40. The first-order chi connectivity index (χ1) is 9.47. The third kappa shape index (κ3) is 3.12. The minimum atomic E-state index is -1.26. The summed E-state index contributed by atoms with van der Waals surface area (Å²) in [5.41, 5.74) is 0.900. The number of carbonyl (C=O) groups is 1. The lowest BCUT2D eigenvalue weighted by Gasteiger charge is -2.10. The van der Waals surface area contributed by atoms with Gasteiger partial charge in [-0.2, -0.15) is 0 Å². The zero-order chi connectivity index (χ0) is 14.7. The first-order valence-corrected chi connectivity index (χ1v) is 5.88. The first kappa shape index (κ1) is 14.0. The monoisotopic (exact) mass is 278 g/mol. The molecule has 2 aromatic rings. The van der Waals surface area contributed by atoms with Crippen molar-refractivity contribution in [2.45, 2.75) is 13.5 Å². The Morgan fingerprint density at radius 3 is 2.65 bits per heavy atom. The number of rotatable bonds is 4. The van der Waals surface area contributed by atoms with Crippen molar-refractivity contribution in [3.8, 4) is 5.75 Å². The molecule has 2 rings (SSSR count). The van der Waals surface area contributed by atoms with Gasteiger partial charge in [-0.1, -0.05) is 12.1 Å². The normalized spacial score (nSPS) is 10.3. The van der Waals surface area contributed by atoms with E-state index in [0.717, 1.165) is 17.7 Å². The Hall–Kier alpha value is -2.43. The predicted octanol–water partition coefficient (Wildman–Crippen LogP) is 3.55. The summed E-state index contributed by atoms with van der Waals surface area (Å²) < 4.78 is 31.8. The van der Waals surface area contributed by atoms with Gasteiger partial charge in [0.2, 0.25) is 0 Å². The van der Waals surface area contributed by atoms with Crippen LogP contribution >= 0.6 is 0 Å². The number of carboxylic acids is 1. The highest BCUT2D eigenvalue weighted by Gasteiger charge is 2.12. The maximum Gasteiger partial charge on any atom is 0.336 e. The summed E-state index contributed by atoms with van der Waals surface area (Å²) in [4.78, 5) is 11.0. The van der Waals surface area contributed by atoms with E-state index in [1.807, 2.05) is 0 Å². The third-order valence-electron chi connectivity index (χ3n) is 2.77. The number of carboxylic acid groups (broad SMARTS) is 1. The van der Waals surface area contributed by atoms with E-state index in [1.165, 1.54) is 18.2 Å². The van der Waals surface area contributed by atoms with E-state index in [-0.39, 0.29) is 23.5 Å². The van der Waals surface area contributed by atoms with Gasteiger partial charge in [0.1, 0.15) is 12.4 Å². The fourth-order valence-electron chi connectivity index (χ4n) is 1.75. The van der Waals surface area contributed by atoms with Crippen molar-refractivity contribution in [3.05, 3.63) is 64.7 Å². The van der Waals surface area contributed by atoms with Crippen LogP contribution in [-0.2, 0) is 6.61 Å². The van der Waals surface area contributed by atoms with Crippen molar-refractivity contribution in [2.75, 3.05) is 0 Å². The molecule has 0 aromatic heterocycles. The van der Waals surface area contributed by atoms with Crippen molar-refractivity contribution in [1.82, 2.24) is 0 Å². The zero-order valence-electron chi connectivity index (χ0n) is 10.7. The lowest BCUT2D eigenvalue weighted by atomic mass is 10.1. The number of ether oxygens (including phenoxy) is 1. The van der Waals surface area contributed by atoms with Gasteiger partial charge in [-0.3, -0.25) is 0 Å². The summed E-state index contributed by atoms with van der Waals surface area (Å²) >= 11 is 0. The van der Waals surface area contributed by atoms with E-state index in [2.05, 4.69) is 0 Å². The zero-order valence-corrected chi connectivity index (χ0v) is 10.7. The van der Waals surface area contributed by atoms with E-state index in [1.54, 1.807) is 13.0 Å². The summed E-state index contributed by atoms with van der Waals surface area (Å²) in [6.45, 7) is 1.63.